The minimum atomic E-state index is -0.544. The van der Waals surface area contributed by atoms with Gasteiger partial charge >= 0.3 is 6.09 Å². The third-order valence-electron chi connectivity index (χ3n) is 6.37. The Hall–Kier alpha value is -2.91. The molecule has 3 aliphatic rings. The number of amides is 1. The number of carbonyl (C=O) groups excluding carboxylic acids is 1. The first kappa shape index (κ1) is 21.0. The van der Waals surface area contributed by atoms with E-state index in [1.807, 2.05) is 6.07 Å². The van der Waals surface area contributed by atoms with Crippen molar-refractivity contribution < 1.29 is 23.7 Å². The summed E-state index contributed by atoms with van der Waals surface area (Å²) in [5.41, 5.74) is 1.72. The van der Waals surface area contributed by atoms with Gasteiger partial charge < -0.3 is 24.3 Å². The smallest absolute Gasteiger partial charge is 0.412 e. The molecule has 4 atom stereocenters. The first-order valence-electron chi connectivity index (χ1n) is 11.1. The van der Waals surface area contributed by atoms with Crippen molar-refractivity contribution in [3.63, 3.8) is 0 Å². The second-order valence-electron chi connectivity index (χ2n) is 8.43. The molecule has 1 aromatic carbocycles. The van der Waals surface area contributed by atoms with Crippen LogP contribution < -0.4 is 15.4 Å². The van der Waals surface area contributed by atoms with Crippen molar-refractivity contribution in [1.29, 1.82) is 0 Å². The number of hydrogen-bond donors (Lipinski definition) is 2. The second kappa shape index (κ2) is 9.30. The van der Waals surface area contributed by atoms with E-state index in [9.17, 15) is 4.79 Å². The first-order chi connectivity index (χ1) is 15.7. The normalized spacial score (nSPS) is 27.2. The summed E-state index contributed by atoms with van der Waals surface area (Å²) in [6, 6.07) is 8.94. The molecule has 1 amide bonds. The van der Waals surface area contributed by atoms with Crippen LogP contribution in [0.15, 0.2) is 36.5 Å². The van der Waals surface area contributed by atoms with Crippen LogP contribution in [0.4, 0.5) is 16.4 Å². The van der Waals surface area contributed by atoms with Crippen LogP contribution in [-0.2, 0) is 14.2 Å². The molecule has 1 aliphatic carbocycles. The lowest BCUT2D eigenvalue weighted by Crippen LogP contribution is -2.38. The Morgan fingerprint density at radius 1 is 1.06 bits per heavy atom. The fourth-order valence-corrected chi connectivity index (χ4v) is 4.71. The summed E-state index contributed by atoms with van der Waals surface area (Å²) in [5.74, 6) is 1.83. The van der Waals surface area contributed by atoms with Gasteiger partial charge in [-0.2, -0.15) is 0 Å². The Balaban J connectivity index is 1.16. The average molecular weight is 441 g/mol. The summed E-state index contributed by atoms with van der Waals surface area (Å²) in [5, 5.41) is 6.08. The zero-order chi connectivity index (χ0) is 21.9. The Kier molecular flexibility index (Phi) is 6.09. The maximum atomic E-state index is 12.3. The molecule has 3 fully saturated rings. The van der Waals surface area contributed by atoms with Crippen LogP contribution in [0.3, 0.4) is 0 Å². The van der Waals surface area contributed by atoms with E-state index >= 15 is 0 Å². The topological polar surface area (TPSA) is 104 Å². The monoisotopic (exact) mass is 440 g/mol. The maximum Gasteiger partial charge on any atom is 0.412 e. The van der Waals surface area contributed by atoms with Crippen molar-refractivity contribution in [3.05, 3.63) is 42.2 Å². The van der Waals surface area contributed by atoms with Crippen molar-refractivity contribution >= 4 is 17.7 Å². The van der Waals surface area contributed by atoms with E-state index in [4.69, 9.17) is 23.9 Å². The molecule has 0 bridgehead atoms. The molecule has 2 N–H and O–H groups in total. The SMILES string of the molecule is COc1ccc(NC(=O)O[C@@H]2CO[C@H]3[C@@H]2OC[C@@H]3Nc2nccc(C3CCCC3)n2)cc1. The molecule has 5 rings (SSSR count). The number of ether oxygens (including phenoxy) is 4. The molecule has 2 aliphatic heterocycles. The predicted molar refractivity (Wildman–Crippen MR) is 117 cm³/mol. The molecule has 9 heteroatoms. The van der Waals surface area contributed by atoms with Crippen molar-refractivity contribution in [2.24, 2.45) is 0 Å². The largest absolute Gasteiger partial charge is 0.497 e. The van der Waals surface area contributed by atoms with Gasteiger partial charge in [-0.3, -0.25) is 5.32 Å². The van der Waals surface area contributed by atoms with Crippen LogP contribution in [0, 0.1) is 0 Å². The van der Waals surface area contributed by atoms with Gasteiger partial charge in [0.15, 0.2) is 6.10 Å². The van der Waals surface area contributed by atoms with Crippen molar-refractivity contribution in [2.75, 3.05) is 31.0 Å². The van der Waals surface area contributed by atoms with E-state index in [0.717, 1.165) is 5.69 Å². The summed E-state index contributed by atoms with van der Waals surface area (Å²) in [6.45, 7) is 0.721. The number of fused-ring (bicyclic) bond motifs is 1. The molecule has 1 aromatic heterocycles. The minimum Gasteiger partial charge on any atom is -0.497 e. The minimum absolute atomic E-state index is 0.0999. The number of benzene rings is 1. The van der Waals surface area contributed by atoms with Crippen LogP contribution in [0.5, 0.6) is 5.75 Å². The highest BCUT2D eigenvalue weighted by Crippen LogP contribution is 2.34. The lowest BCUT2D eigenvalue weighted by Gasteiger charge is -2.18. The van der Waals surface area contributed by atoms with Gasteiger partial charge in [-0.1, -0.05) is 12.8 Å². The molecule has 170 valence electrons. The molecule has 3 heterocycles. The Morgan fingerprint density at radius 2 is 1.84 bits per heavy atom. The number of hydrogen-bond acceptors (Lipinski definition) is 8. The van der Waals surface area contributed by atoms with Gasteiger partial charge in [-0.15, -0.1) is 0 Å². The zero-order valence-corrected chi connectivity index (χ0v) is 18.0. The zero-order valence-electron chi connectivity index (χ0n) is 18.0. The summed E-state index contributed by atoms with van der Waals surface area (Å²) in [7, 11) is 1.59. The third kappa shape index (κ3) is 4.49. The number of nitrogens with one attached hydrogen (secondary N) is 2. The van der Waals surface area contributed by atoms with E-state index in [1.54, 1.807) is 37.6 Å². The molecular formula is C23H28N4O5. The van der Waals surface area contributed by atoms with Gasteiger partial charge in [-0.25, -0.2) is 14.8 Å². The molecule has 0 radical (unpaired) electrons. The lowest BCUT2D eigenvalue weighted by atomic mass is 10.0. The second-order valence-corrected chi connectivity index (χ2v) is 8.43. The number of nitrogens with zero attached hydrogens (tertiary/aromatic N) is 2. The van der Waals surface area contributed by atoms with Gasteiger partial charge in [0.2, 0.25) is 5.95 Å². The fraction of sp³-hybridized carbons (Fsp3) is 0.522. The van der Waals surface area contributed by atoms with Gasteiger partial charge in [0.1, 0.15) is 18.0 Å². The van der Waals surface area contributed by atoms with E-state index in [-0.39, 0.29) is 24.9 Å². The van der Waals surface area contributed by atoms with Gasteiger partial charge in [0.25, 0.3) is 0 Å². The van der Waals surface area contributed by atoms with E-state index in [0.29, 0.717) is 29.9 Å². The molecular weight excluding hydrogens is 412 g/mol. The third-order valence-corrected chi connectivity index (χ3v) is 6.37. The van der Waals surface area contributed by atoms with Crippen LogP contribution in [0.1, 0.15) is 37.3 Å². The lowest BCUT2D eigenvalue weighted by molar-refractivity contribution is 0.00917. The summed E-state index contributed by atoms with van der Waals surface area (Å²) in [6.07, 6.45) is 5.13. The number of anilines is 2. The quantitative estimate of drug-likeness (QED) is 0.705. The van der Waals surface area contributed by atoms with Gasteiger partial charge in [-0.05, 0) is 43.2 Å². The van der Waals surface area contributed by atoms with Crippen molar-refractivity contribution in [2.45, 2.75) is 56.0 Å². The summed E-state index contributed by atoms with van der Waals surface area (Å²) >= 11 is 0. The highest BCUT2D eigenvalue weighted by atomic mass is 16.6. The number of aromatic nitrogens is 2. The number of carbonyl (C=O) groups is 1. The van der Waals surface area contributed by atoms with Crippen LogP contribution in [0.2, 0.25) is 0 Å². The van der Waals surface area contributed by atoms with E-state index < -0.39 is 12.2 Å². The van der Waals surface area contributed by atoms with Crippen LogP contribution in [-0.4, -0.2) is 60.7 Å². The molecule has 1 saturated carbocycles. The van der Waals surface area contributed by atoms with E-state index in [2.05, 4.69) is 15.6 Å². The Bertz CT molecular complexity index is 934. The highest BCUT2D eigenvalue weighted by Gasteiger charge is 2.49. The van der Waals surface area contributed by atoms with E-state index in [1.165, 1.54) is 25.7 Å². The molecule has 2 saturated heterocycles. The molecule has 0 unspecified atom stereocenters. The predicted octanol–water partition coefficient (Wildman–Crippen LogP) is 3.34. The highest BCUT2D eigenvalue weighted by molar-refractivity contribution is 5.84. The Labute approximate surface area is 186 Å². The van der Waals surface area contributed by atoms with Crippen molar-refractivity contribution in [1.82, 2.24) is 9.97 Å². The average Bonchev–Trinajstić information content (AvgIpc) is 3.55. The first-order valence-corrected chi connectivity index (χ1v) is 11.1. The molecule has 2 aromatic rings. The Morgan fingerprint density at radius 3 is 2.62 bits per heavy atom. The fourth-order valence-electron chi connectivity index (χ4n) is 4.71. The van der Waals surface area contributed by atoms with Crippen molar-refractivity contribution in [3.8, 4) is 5.75 Å². The number of methoxy groups -OCH3 is 1. The standard InChI is InChI=1S/C23H28N4O5/c1-29-16-8-6-15(7-9-16)25-23(28)32-19-13-31-20-18(12-30-21(19)20)27-22-24-11-10-17(26-22)14-4-2-3-5-14/h6-11,14,18-21H,2-5,12-13H2,1H3,(H,25,28)(H,24,26,27)/t18-,19+,20+,21+/m0/s1. The van der Waals surface area contributed by atoms with Gasteiger partial charge in [0, 0.05) is 23.5 Å². The summed E-state index contributed by atoms with van der Waals surface area (Å²) < 4.78 is 22.5. The summed E-state index contributed by atoms with van der Waals surface area (Å²) in [4.78, 5) is 21.4. The molecule has 0 spiro atoms. The molecule has 9 nitrogen and oxygen atoms in total. The van der Waals surface area contributed by atoms with Crippen LogP contribution in [0.25, 0.3) is 0 Å². The molecule has 32 heavy (non-hydrogen) atoms. The van der Waals surface area contributed by atoms with Gasteiger partial charge in [0.05, 0.1) is 26.4 Å². The maximum absolute atomic E-state index is 12.3. The number of rotatable bonds is 6. The van der Waals surface area contributed by atoms with Crippen LogP contribution >= 0.6 is 0 Å².